The van der Waals surface area contributed by atoms with Gasteiger partial charge in [0.1, 0.15) is 11.4 Å². The standard InChI is InChI=1S/C24H27N3O4S/c1-26-32(29,30)17-20-6-7-23-21(14-20)22(28)15-24(31-23)9-12-27(13-10-24)11-8-18-2-4-19(16-25)5-3-18/h2-7,14,26H,8-13,15,17H2,1H3. The third-order valence-corrected chi connectivity index (χ3v) is 7.72. The highest BCUT2D eigenvalue weighted by Crippen LogP contribution is 2.39. The van der Waals surface area contributed by atoms with Crippen LogP contribution in [0.2, 0.25) is 0 Å². The molecule has 1 fully saturated rings. The van der Waals surface area contributed by atoms with Gasteiger partial charge in [-0.25, -0.2) is 13.1 Å². The molecule has 2 heterocycles. The summed E-state index contributed by atoms with van der Waals surface area (Å²) in [4.78, 5) is 15.3. The summed E-state index contributed by atoms with van der Waals surface area (Å²) in [6, 6.07) is 14.9. The number of ketones is 1. The quantitative estimate of drug-likeness (QED) is 0.722. The van der Waals surface area contributed by atoms with Crippen LogP contribution in [0, 0.1) is 11.3 Å². The zero-order valence-electron chi connectivity index (χ0n) is 18.1. The molecular formula is C24H27N3O4S. The maximum Gasteiger partial charge on any atom is 0.215 e. The molecule has 2 aromatic rings. The van der Waals surface area contributed by atoms with Gasteiger partial charge in [-0.15, -0.1) is 0 Å². The number of carbonyl (C=O) groups excluding carboxylic acids is 1. The van der Waals surface area contributed by atoms with Gasteiger partial charge in [-0.1, -0.05) is 18.2 Å². The molecule has 0 unspecified atom stereocenters. The number of Topliss-reactive ketones (excluding diaryl/α,β-unsaturated/α-hetero) is 1. The molecule has 4 rings (SSSR count). The van der Waals surface area contributed by atoms with Crippen molar-refractivity contribution in [3.05, 3.63) is 64.7 Å². The second-order valence-electron chi connectivity index (χ2n) is 8.58. The number of fused-ring (bicyclic) bond motifs is 1. The highest BCUT2D eigenvalue weighted by Gasteiger charge is 2.42. The van der Waals surface area contributed by atoms with Crippen LogP contribution in [0.1, 0.15) is 46.3 Å². The van der Waals surface area contributed by atoms with Gasteiger partial charge in [0.2, 0.25) is 10.0 Å². The molecule has 2 aromatic carbocycles. The van der Waals surface area contributed by atoms with E-state index in [1.807, 2.05) is 24.3 Å². The Morgan fingerprint density at radius 3 is 2.47 bits per heavy atom. The predicted molar refractivity (Wildman–Crippen MR) is 121 cm³/mol. The second kappa shape index (κ2) is 9.02. The highest BCUT2D eigenvalue weighted by atomic mass is 32.2. The fraction of sp³-hybridized carbons (Fsp3) is 0.417. The topological polar surface area (TPSA) is 99.5 Å². The Kier molecular flexibility index (Phi) is 6.33. The number of hydrogen-bond donors (Lipinski definition) is 1. The molecule has 0 bridgehead atoms. The molecule has 0 radical (unpaired) electrons. The SMILES string of the molecule is CNS(=O)(=O)Cc1ccc2c(c1)C(=O)CC1(CCN(CCc3ccc(C#N)cc3)CC1)O2. The van der Waals surface area contributed by atoms with E-state index < -0.39 is 15.6 Å². The Hall–Kier alpha value is -2.73. The lowest BCUT2D eigenvalue weighted by Gasteiger charge is -2.44. The van der Waals surface area contributed by atoms with Crippen molar-refractivity contribution >= 4 is 15.8 Å². The Balaban J connectivity index is 1.36. The molecule has 0 saturated carbocycles. The van der Waals surface area contributed by atoms with Gasteiger partial charge in [0.05, 0.1) is 29.4 Å². The smallest absolute Gasteiger partial charge is 0.215 e. The molecule has 2 aliphatic rings. The minimum absolute atomic E-state index is 0.0148. The highest BCUT2D eigenvalue weighted by molar-refractivity contribution is 7.88. The third-order valence-electron chi connectivity index (χ3n) is 6.39. The number of likely N-dealkylation sites (tertiary alicyclic amines) is 1. The molecule has 0 amide bonds. The molecule has 1 N–H and O–H groups in total. The summed E-state index contributed by atoms with van der Waals surface area (Å²) in [7, 11) is -2.02. The fourth-order valence-electron chi connectivity index (χ4n) is 4.42. The molecular weight excluding hydrogens is 426 g/mol. The fourth-order valence-corrected chi connectivity index (χ4v) is 5.18. The summed E-state index contributed by atoms with van der Waals surface area (Å²) >= 11 is 0. The molecule has 1 spiro atoms. The summed E-state index contributed by atoms with van der Waals surface area (Å²) in [6.07, 6.45) is 2.80. The van der Waals surface area contributed by atoms with E-state index in [9.17, 15) is 13.2 Å². The van der Waals surface area contributed by atoms with E-state index in [-0.39, 0.29) is 11.5 Å². The molecule has 8 heteroatoms. The first kappa shape index (κ1) is 22.5. The first-order valence-electron chi connectivity index (χ1n) is 10.8. The van der Waals surface area contributed by atoms with Crippen LogP contribution >= 0.6 is 0 Å². The zero-order chi connectivity index (χ0) is 22.8. The number of piperidine rings is 1. The van der Waals surface area contributed by atoms with Gasteiger partial charge in [-0.3, -0.25) is 4.79 Å². The largest absolute Gasteiger partial charge is 0.486 e. The average Bonchev–Trinajstić information content (AvgIpc) is 2.79. The van der Waals surface area contributed by atoms with Crippen LogP contribution in [0.15, 0.2) is 42.5 Å². The summed E-state index contributed by atoms with van der Waals surface area (Å²) in [5.41, 5.74) is 2.45. The normalized spacial score (nSPS) is 18.1. The number of nitrogens with one attached hydrogen (secondary N) is 1. The molecule has 2 aliphatic heterocycles. The first-order valence-corrected chi connectivity index (χ1v) is 12.4. The Morgan fingerprint density at radius 1 is 1.12 bits per heavy atom. The zero-order valence-corrected chi connectivity index (χ0v) is 19.0. The summed E-state index contributed by atoms with van der Waals surface area (Å²) in [6.45, 7) is 2.64. The minimum Gasteiger partial charge on any atom is -0.486 e. The maximum atomic E-state index is 12.9. The van der Waals surface area contributed by atoms with Crippen LogP contribution in [0.3, 0.4) is 0 Å². The number of ether oxygens (including phenoxy) is 1. The van der Waals surface area contributed by atoms with Gasteiger partial charge in [0.25, 0.3) is 0 Å². The Bertz CT molecular complexity index is 1140. The van der Waals surface area contributed by atoms with Crippen molar-refractivity contribution in [2.75, 3.05) is 26.7 Å². The van der Waals surface area contributed by atoms with Crippen molar-refractivity contribution < 1.29 is 17.9 Å². The van der Waals surface area contributed by atoms with Gasteiger partial charge in [0, 0.05) is 32.5 Å². The van der Waals surface area contributed by atoms with E-state index in [1.165, 1.54) is 12.6 Å². The lowest BCUT2D eigenvalue weighted by molar-refractivity contribution is -0.00868. The van der Waals surface area contributed by atoms with Crippen LogP contribution in [0.25, 0.3) is 0 Å². The second-order valence-corrected chi connectivity index (χ2v) is 10.5. The molecule has 168 valence electrons. The third kappa shape index (κ3) is 5.01. The molecule has 1 saturated heterocycles. The minimum atomic E-state index is -3.40. The number of nitriles is 1. The maximum absolute atomic E-state index is 12.9. The van der Waals surface area contributed by atoms with Crippen LogP contribution in [-0.2, 0) is 22.2 Å². The van der Waals surface area contributed by atoms with E-state index in [4.69, 9.17) is 10.00 Å². The van der Waals surface area contributed by atoms with Crippen molar-refractivity contribution in [3.8, 4) is 11.8 Å². The van der Waals surface area contributed by atoms with Gasteiger partial charge in [-0.05, 0) is 48.9 Å². The number of hydrogen-bond acceptors (Lipinski definition) is 6. The average molecular weight is 454 g/mol. The number of sulfonamides is 1. The van der Waals surface area contributed by atoms with E-state index in [2.05, 4.69) is 15.7 Å². The number of nitrogens with zero attached hydrogens (tertiary/aromatic N) is 2. The Morgan fingerprint density at radius 2 is 1.81 bits per heavy atom. The van der Waals surface area contributed by atoms with Crippen molar-refractivity contribution in [2.45, 2.75) is 37.0 Å². The van der Waals surface area contributed by atoms with Crippen LogP contribution in [-0.4, -0.2) is 51.4 Å². The number of benzene rings is 2. The van der Waals surface area contributed by atoms with Crippen LogP contribution in [0.5, 0.6) is 5.75 Å². The van der Waals surface area contributed by atoms with Gasteiger partial charge >= 0.3 is 0 Å². The van der Waals surface area contributed by atoms with Crippen molar-refractivity contribution in [1.82, 2.24) is 9.62 Å². The molecule has 0 aliphatic carbocycles. The lowest BCUT2D eigenvalue weighted by Crippen LogP contribution is -2.51. The van der Waals surface area contributed by atoms with E-state index in [1.54, 1.807) is 18.2 Å². The van der Waals surface area contributed by atoms with Crippen LogP contribution in [0.4, 0.5) is 0 Å². The summed E-state index contributed by atoms with van der Waals surface area (Å²) < 4.78 is 32.3. The molecule has 32 heavy (non-hydrogen) atoms. The van der Waals surface area contributed by atoms with Gasteiger partial charge in [-0.2, -0.15) is 5.26 Å². The molecule has 7 nitrogen and oxygen atoms in total. The van der Waals surface area contributed by atoms with E-state index in [0.717, 1.165) is 38.9 Å². The lowest BCUT2D eigenvalue weighted by atomic mass is 9.82. The van der Waals surface area contributed by atoms with E-state index >= 15 is 0 Å². The summed E-state index contributed by atoms with van der Waals surface area (Å²) in [5.74, 6) is 0.405. The first-order chi connectivity index (χ1) is 15.3. The number of rotatable bonds is 6. The molecule has 0 atom stereocenters. The Labute approximate surface area is 189 Å². The predicted octanol–water partition coefficient (Wildman–Crippen LogP) is 2.65. The molecule has 0 aromatic heterocycles. The van der Waals surface area contributed by atoms with Gasteiger partial charge < -0.3 is 9.64 Å². The van der Waals surface area contributed by atoms with Crippen molar-refractivity contribution in [2.24, 2.45) is 0 Å². The van der Waals surface area contributed by atoms with Crippen molar-refractivity contribution in [3.63, 3.8) is 0 Å². The van der Waals surface area contributed by atoms with Crippen molar-refractivity contribution in [1.29, 1.82) is 5.26 Å². The monoisotopic (exact) mass is 453 g/mol. The van der Waals surface area contributed by atoms with Crippen LogP contribution < -0.4 is 9.46 Å². The van der Waals surface area contributed by atoms with Gasteiger partial charge in [0.15, 0.2) is 5.78 Å². The number of carbonyl (C=O) groups is 1. The van der Waals surface area contributed by atoms with E-state index in [0.29, 0.717) is 28.9 Å². The summed E-state index contributed by atoms with van der Waals surface area (Å²) in [5, 5.41) is 8.91.